The molecule has 0 aliphatic heterocycles. The summed E-state index contributed by atoms with van der Waals surface area (Å²) < 4.78 is 10.5. The quantitative estimate of drug-likeness (QED) is 0.599. The van der Waals surface area contributed by atoms with Gasteiger partial charge in [-0.1, -0.05) is 0 Å². The molecule has 7 heteroatoms. The van der Waals surface area contributed by atoms with Crippen molar-refractivity contribution < 1.29 is 24.2 Å². The number of carboxylic acid groups (broad SMARTS) is 1. The van der Waals surface area contributed by atoms with E-state index < -0.39 is 5.97 Å². The number of methoxy groups -OCH3 is 2. The molecule has 0 aliphatic rings. The number of ether oxygens (including phenoxy) is 2. The monoisotopic (exact) mass is 310 g/mol. The molecular weight excluding hydrogens is 288 g/mol. The molecule has 1 rings (SSSR count). The molecule has 0 saturated carbocycles. The lowest BCUT2D eigenvalue weighted by atomic mass is 10.1. The predicted octanol–water partition coefficient (Wildman–Crippen LogP) is 1.41. The largest absolute Gasteiger partial charge is 0.497 e. The molecule has 2 amide bonds. The first-order chi connectivity index (χ1) is 10.6. The first-order valence-electron chi connectivity index (χ1n) is 7.01. The van der Waals surface area contributed by atoms with Crippen molar-refractivity contribution in [1.29, 1.82) is 0 Å². The van der Waals surface area contributed by atoms with E-state index in [2.05, 4.69) is 10.6 Å². The molecule has 1 aromatic carbocycles. The average molecular weight is 310 g/mol. The predicted molar refractivity (Wildman–Crippen MR) is 81.5 cm³/mol. The lowest BCUT2D eigenvalue weighted by Gasteiger charge is -2.11. The van der Waals surface area contributed by atoms with Gasteiger partial charge in [-0.15, -0.1) is 0 Å². The lowest BCUT2D eigenvalue weighted by molar-refractivity contribution is -0.136. The van der Waals surface area contributed by atoms with Crippen molar-refractivity contribution in [2.24, 2.45) is 0 Å². The zero-order valence-electron chi connectivity index (χ0n) is 12.8. The summed E-state index contributed by atoms with van der Waals surface area (Å²) in [7, 11) is 3.22. The van der Waals surface area contributed by atoms with Gasteiger partial charge >= 0.3 is 12.0 Å². The molecule has 0 spiro atoms. The van der Waals surface area contributed by atoms with Gasteiger partial charge in [-0.2, -0.15) is 0 Å². The summed E-state index contributed by atoms with van der Waals surface area (Å²) in [4.78, 5) is 21.7. The van der Waals surface area contributed by atoms with Crippen LogP contribution >= 0.6 is 0 Å². The molecule has 0 radical (unpaired) electrons. The van der Waals surface area contributed by atoms with Gasteiger partial charge in [0.1, 0.15) is 11.5 Å². The Morgan fingerprint density at radius 3 is 2.50 bits per heavy atom. The van der Waals surface area contributed by atoms with E-state index in [1.165, 1.54) is 0 Å². The van der Waals surface area contributed by atoms with E-state index >= 15 is 0 Å². The van der Waals surface area contributed by atoms with Crippen LogP contribution in [0.3, 0.4) is 0 Å². The number of aryl methyl sites for hydroxylation is 1. The SMILES string of the molecule is COc1ccc(OC)c(CCCNC(=O)NCCC(=O)O)c1. The Hall–Kier alpha value is -2.44. The maximum atomic E-state index is 11.4. The highest BCUT2D eigenvalue weighted by molar-refractivity contribution is 5.74. The lowest BCUT2D eigenvalue weighted by Crippen LogP contribution is -2.37. The fourth-order valence-electron chi connectivity index (χ4n) is 1.90. The minimum atomic E-state index is -0.939. The number of hydrogen-bond donors (Lipinski definition) is 3. The molecule has 0 aromatic heterocycles. The topological polar surface area (TPSA) is 96.9 Å². The average Bonchev–Trinajstić information content (AvgIpc) is 2.51. The van der Waals surface area contributed by atoms with Crippen LogP contribution in [0.2, 0.25) is 0 Å². The summed E-state index contributed by atoms with van der Waals surface area (Å²) >= 11 is 0. The van der Waals surface area contributed by atoms with Crippen molar-refractivity contribution in [1.82, 2.24) is 10.6 Å². The Kier molecular flexibility index (Phi) is 7.60. The highest BCUT2D eigenvalue weighted by Crippen LogP contribution is 2.24. The van der Waals surface area contributed by atoms with E-state index in [9.17, 15) is 9.59 Å². The number of amides is 2. The summed E-state index contributed by atoms with van der Waals surface area (Å²) in [6.07, 6.45) is 1.38. The molecule has 3 N–H and O–H groups in total. The molecule has 7 nitrogen and oxygen atoms in total. The molecule has 0 aliphatic carbocycles. The number of nitrogens with one attached hydrogen (secondary N) is 2. The number of benzene rings is 1. The van der Waals surface area contributed by atoms with Crippen molar-refractivity contribution in [2.45, 2.75) is 19.3 Å². The van der Waals surface area contributed by atoms with E-state index in [1.54, 1.807) is 14.2 Å². The third-order valence-corrected chi connectivity index (χ3v) is 3.02. The van der Waals surface area contributed by atoms with Crippen LogP contribution in [0, 0.1) is 0 Å². The van der Waals surface area contributed by atoms with Gasteiger partial charge in [0.05, 0.1) is 20.6 Å². The van der Waals surface area contributed by atoms with E-state index in [1.807, 2.05) is 18.2 Å². The van der Waals surface area contributed by atoms with Gasteiger partial charge in [0.25, 0.3) is 0 Å². The van der Waals surface area contributed by atoms with Crippen LogP contribution in [0.5, 0.6) is 11.5 Å². The number of aliphatic carboxylic acids is 1. The summed E-state index contributed by atoms with van der Waals surface area (Å²) in [6, 6.07) is 5.22. The van der Waals surface area contributed by atoms with Gasteiger partial charge in [0.15, 0.2) is 0 Å². The second-order valence-corrected chi connectivity index (χ2v) is 4.61. The van der Waals surface area contributed by atoms with Gasteiger partial charge in [-0.3, -0.25) is 4.79 Å². The van der Waals surface area contributed by atoms with Gasteiger partial charge in [0.2, 0.25) is 0 Å². The first-order valence-corrected chi connectivity index (χ1v) is 7.01. The maximum absolute atomic E-state index is 11.4. The van der Waals surface area contributed by atoms with E-state index in [0.29, 0.717) is 6.54 Å². The Balaban J connectivity index is 2.32. The molecule has 122 valence electrons. The minimum Gasteiger partial charge on any atom is -0.497 e. The van der Waals surface area contributed by atoms with Gasteiger partial charge in [-0.05, 0) is 36.6 Å². The highest BCUT2D eigenvalue weighted by Gasteiger charge is 2.06. The molecule has 0 saturated heterocycles. The van der Waals surface area contributed by atoms with Crippen molar-refractivity contribution in [3.05, 3.63) is 23.8 Å². The molecule has 0 atom stereocenters. The Morgan fingerprint density at radius 2 is 1.86 bits per heavy atom. The van der Waals surface area contributed by atoms with Crippen LogP contribution in [0.25, 0.3) is 0 Å². The van der Waals surface area contributed by atoms with Crippen LogP contribution < -0.4 is 20.1 Å². The Bertz CT molecular complexity index is 505. The highest BCUT2D eigenvalue weighted by atomic mass is 16.5. The Morgan fingerprint density at radius 1 is 1.14 bits per heavy atom. The third kappa shape index (κ3) is 6.34. The molecule has 1 aromatic rings. The first kappa shape index (κ1) is 17.6. The summed E-state index contributed by atoms with van der Waals surface area (Å²) in [5.74, 6) is 0.604. The van der Waals surface area contributed by atoms with E-state index in [0.717, 1.165) is 29.9 Å². The van der Waals surface area contributed by atoms with Crippen molar-refractivity contribution in [2.75, 3.05) is 27.3 Å². The molecule has 0 unspecified atom stereocenters. The van der Waals surface area contributed by atoms with Crippen molar-refractivity contribution >= 4 is 12.0 Å². The third-order valence-electron chi connectivity index (χ3n) is 3.02. The maximum Gasteiger partial charge on any atom is 0.314 e. The number of carbonyl (C=O) groups excluding carboxylic acids is 1. The summed E-state index contributed by atoms with van der Waals surface area (Å²) in [6.45, 7) is 0.601. The smallest absolute Gasteiger partial charge is 0.314 e. The van der Waals surface area contributed by atoms with Crippen molar-refractivity contribution in [3.63, 3.8) is 0 Å². The molecule has 22 heavy (non-hydrogen) atoms. The number of hydrogen-bond acceptors (Lipinski definition) is 4. The molecule has 0 fully saturated rings. The van der Waals surface area contributed by atoms with Crippen LogP contribution in [0.4, 0.5) is 4.79 Å². The number of urea groups is 1. The zero-order valence-corrected chi connectivity index (χ0v) is 12.8. The van der Waals surface area contributed by atoms with Gasteiger partial charge < -0.3 is 25.2 Å². The molecular formula is C15H22N2O5. The molecule has 0 bridgehead atoms. The fraction of sp³-hybridized carbons (Fsp3) is 0.467. The summed E-state index contributed by atoms with van der Waals surface area (Å²) in [5, 5.41) is 13.6. The number of carbonyl (C=O) groups is 2. The second-order valence-electron chi connectivity index (χ2n) is 4.61. The minimum absolute atomic E-state index is 0.0889. The van der Waals surface area contributed by atoms with E-state index in [-0.39, 0.29) is 19.0 Å². The summed E-state index contributed by atoms with van der Waals surface area (Å²) in [5.41, 5.74) is 1.01. The van der Waals surface area contributed by atoms with E-state index in [4.69, 9.17) is 14.6 Å². The fourth-order valence-corrected chi connectivity index (χ4v) is 1.90. The zero-order chi connectivity index (χ0) is 16.4. The van der Waals surface area contributed by atoms with Crippen molar-refractivity contribution in [3.8, 4) is 11.5 Å². The van der Waals surface area contributed by atoms with Crippen LogP contribution in [-0.2, 0) is 11.2 Å². The van der Waals surface area contributed by atoms with Gasteiger partial charge in [-0.25, -0.2) is 4.79 Å². The number of carboxylic acids is 1. The Labute approximate surface area is 129 Å². The van der Waals surface area contributed by atoms with Crippen LogP contribution in [0.15, 0.2) is 18.2 Å². The second kappa shape index (κ2) is 9.49. The van der Waals surface area contributed by atoms with Crippen LogP contribution in [0.1, 0.15) is 18.4 Å². The number of rotatable bonds is 9. The van der Waals surface area contributed by atoms with Crippen LogP contribution in [-0.4, -0.2) is 44.4 Å². The standard InChI is InChI=1S/C15H22N2O5/c1-21-12-5-6-13(22-2)11(10-12)4-3-8-16-15(20)17-9-7-14(18)19/h5-6,10H,3-4,7-9H2,1-2H3,(H,18,19)(H2,16,17,20). The molecule has 0 heterocycles. The van der Waals surface area contributed by atoms with Gasteiger partial charge in [0, 0.05) is 13.1 Å². The normalized spacial score (nSPS) is 9.91.